The quantitative estimate of drug-likeness (QED) is 0.115. The Bertz CT molecular complexity index is 1330. The van der Waals surface area contributed by atoms with Crippen LogP contribution < -0.4 is 21.2 Å². The molecule has 0 unspecified atom stereocenters. The second kappa shape index (κ2) is 11.8. The molecule has 1 amide bonds. The van der Waals surface area contributed by atoms with Crippen molar-refractivity contribution in [2.45, 2.75) is 19.5 Å². The van der Waals surface area contributed by atoms with Crippen LogP contribution in [0.25, 0.3) is 0 Å². The van der Waals surface area contributed by atoms with Crippen molar-refractivity contribution in [3.8, 4) is 0 Å². The van der Waals surface area contributed by atoms with E-state index in [9.17, 15) is 14.4 Å². The fraction of sp³-hybridized carbons (Fsp3) is 0.129. The fourth-order valence-electron chi connectivity index (χ4n) is 4.66. The number of hydrogen-bond donors (Lipinski definition) is 1. The van der Waals surface area contributed by atoms with Gasteiger partial charge in [-0.1, -0.05) is 0 Å². The molecule has 38 heavy (non-hydrogen) atoms. The van der Waals surface area contributed by atoms with Gasteiger partial charge in [0.25, 0.3) is 0 Å². The monoisotopic (exact) mass is 589 g/mol. The minimum atomic E-state index is -3.31. The van der Waals surface area contributed by atoms with Gasteiger partial charge in [0, 0.05) is 0 Å². The normalized spacial score (nSPS) is 12.1. The van der Waals surface area contributed by atoms with Gasteiger partial charge in [-0.25, -0.2) is 0 Å². The molecule has 0 radical (unpaired) electrons. The summed E-state index contributed by atoms with van der Waals surface area (Å²) >= 11 is 4.43. The third-order valence-corrected chi connectivity index (χ3v) is 16.0. The van der Waals surface area contributed by atoms with Crippen LogP contribution in [0.2, 0.25) is 0 Å². The molecule has 0 saturated heterocycles. The first-order chi connectivity index (χ1) is 18.4. The molecule has 0 aliphatic heterocycles. The van der Waals surface area contributed by atoms with Crippen molar-refractivity contribution in [1.29, 1.82) is 0 Å². The van der Waals surface area contributed by atoms with E-state index in [0.717, 1.165) is 21.5 Å². The van der Waals surface area contributed by atoms with Gasteiger partial charge >= 0.3 is 231 Å². The molecule has 0 aromatic heterocycles. The van der Waals surface area contributed by atoms with Gasteiger partial charge in [-0.05, 0) is 0 Å². The SMILES string of the molecule is CCOC(=O)C(=O)CC(=O)Nc1ccccc1CP(Br)(c1ccccc1)(c1ccccc1)c1ccccc1. The summed E-state index contributed by atoms with van der Waals surface area (Å²) in [7, 11) is 0. The van der Waals surface area contributed by atoms with E-state index in [2.05, 4.69) is 57.2 Å². The number of anilines is 1. The van der Waals surface area contributed by atoms with Gasteiger partial charge in [-0.15, -0.1) is 0 Å². The standard InChI is InChI=1S/C31H29BrNO4P/c1-2-37-31(36)29(34)22-30(35)33-28-21-13-12-14-24(28)23-38(32,25-15-6-3-7-16-25,26-17-8-4-9-18-26)27-19-10-5-11-20-27/h3-21H,2,22-23H2,1H3,(H,33,35). The van der Waals surface area contributed by atoms with Crippen LogP contribution in [-0.4, -0.2) is 24.3 Å². The van der Waals surface area contributed by atoms with Crippen molar-refractivity contribution in [3.05, 3.63) is 121 Å². The Morgan fingerprint density at radius 2 is 1.16 bits per heavy atom. The molecule has 5 nitrogen and oxygen atoms in total. The average molecular weight is 590 g/mol. The van der Waals surface area contributed by atoms with Gasteiger partial charge in [-0.2, -0.15) is 0 Å². The minimum absolute atomic E-state index is 0.0753. The number of esters is 1. The first-order valence-electron chi connectivity index (χ1n) is 12.3. The number of nitrogens with one attached hydrogen (secondary N) is 1. The molecule has 1 N–H and O–H groups in total. The summed E-state index contributed by atoms with van der Waals surface area (Å²) in [4.78, 5) is 36.7. The zero-order valence-electron chi connectivity index (χ0n) is 21.0. The molecule has 0 atom stereocenters. The maximum absolute atomic E-state index is 12.8. The number of hydrogen-bond acceptors (Lipinski definition) is 4. The van der Waals surface area contributed by atoms with E-state index < -0.39 is 29.4 Å². The molecule has 0 aliphatic carbocycles. The van der Waals surface area contributed by atoms with E-state index in [0.29, 0.717) is 11.8 Å². The summed E-state index contributed by atoms with van der Waals surface area (Å²) in [6.45, 7) is 1.69. The van der Waals surface area contributed by atoms with Crippen molar-refractivity contribution in [2.75, 3.05) is 11.9 Å². The molecule has 4 aromatic carbocycles. The Hall–Kier alpha value is -3.60. The first kappa shape index (κ1) is 27.4. The molecule has 4 aromatic rings. The van der Waals surface area contributed by atoms with Crippen LogP contribution in [-0.2, 0) is 25.3 Å². The van der Waals surface area contributed by atoms with Gasteiger partial charge in [0.15, 0.2) is 0 Å². The van der Waals surface area contributed by atoms with Crippen LogP contribution in [0, 0.1) is 0 Å². The van der Waals surface area contributed by atoms with E-state index in [1.807, 2.05) is 78.9 Å². The summed E-state index contributed by atoms with van der Waals surface area (Å²) in [5.74, 6) is -2.44. The summed E-state index contributed by atoms with van der Waals surface area (Å²) in [5, 5.41) is 3.00. The zero-order valence-corrected chi connectivity index (χ0v) is 23.5. The molecular formula is C31H29BrNO4P. The van der Waals surface area contributed by atoms with Gasteiger partial charge in [0.2, 0.25) is 0 Å². The molecular weight excluding hydrogens is 561 g/mol. The average Bonchev–Trinajstić information content (AvgIpc) is 2.95. The number of halogens is 1. The summed E-state index contributed by atoms with van der Waals surface area (Å²) in [6.07, 6.45) is -0.0208. The van der Waals surface area contributed by atoms with Crippen molar-refractivity contribution >= 4 is 60.1 Å². The van der Waals surface area contributed by atoms with E-state index in [1.54, 1.807) is 6.92 Å². The van der Waals surface area contributed by atoms with Crippen LogP contribution in [0.4, 0.5) is 5.69 Å². The number of carbonyl (C=O) groups is 3. The Kier molecular flexibility index (Phi) is 8.55. The van der Waals surface area contributed by atoms with Crippen molar-refractivity contribution in [3.63, 3.8) is 0 Å². The fourth-order valence-corrected chi connectivity index (χ4v) is 12.3. The second-order valence-electron chi connectivity index (χ2n) is 8.87. The molecule has 0 saturated carbocycles. The molecule has 0 heterocycles. The Morgan fingerprint density at radius 1 is 0.711 bits per heavy atom. The summed E-state index contributed by atoms with van der Waals surface area (Å²) in [6, 6.07) is 38.7. The molecule has 0 aliphatic rings. The molecule has 0 bridgehead atoms. The van der Waals surface area contributed by atoms with E-state index in [1.165, 1.54) is 0 Å². The third-order valence-electron chi connectivity index (χ3n) is 6.47. The molecule has 194 valence electrons. The van der Waals surface area contributed by atoms with Gasteiger partial charge < -0.3 is 0 Å². The number of rotatable bonds is 10. The molecule has 0 spiro atoms. The maximum atomic E-state index is 12.8. The number of para-hydroxylation sites is 1. The van der Waals surface area contributed by atoms with Crippen LogP contribution in [0.3, 0.4) is 0 Å². The van der Waals surface area contributed by atoms with E-state index in [-0.39, 0.29) is 6.61 Å². The van der Waals surface area contributed by atoms with Gasteiger partial charge in [0.1, 0.15) is 0 Å². The molecule has 7 heteroatoms. The number of benzene rings is 4. The Balaban J connectivity index is 1.83. The van der Waals surface area contributed by atoms with Gasteiger partial charge in [0.05, 0.1) is 0 Å². The number of ether oxygens (including phenoxy) is 1. The third kappa shape index (κ3) is 5.47. The van der Waals surface area contributed by atoms with Gasteiger partial charge in [-0.3, -0.25) is 0 Å². The number of Topliss-reactive ketones (excluding diaryl/α,β-unsaturated/α-hetero) is 1. The van der Waals surface area contributed by atoms with E-state index in [4.69, 9.17) is 4.74 Å². The Labute approximate surface area is 230 Å². The number of amides is 1. The van der Waals surface area contributed by atoms with Crippen LogP contribution >= 0.6 is 20.8 Å². The second-order valence-corrected chi connectivity index (χ2v) is 17.8. The molecule has 0 fully saturated rings. The van der Waals surface area contributed by atoms with Crippen LogP contribution in [0.15, 0.2) is 115 Å². The predicted molar refractivity (Wildman–Crippen MR) is 159 cm³/mol. The van der Waals surface area contributed by atoms with Crippen molar-refractivity contribution < 1.29 is 19.1 Å². The number of ketones is 1. The predicted octanol–water partition coefficient (Wildman–Crippen LogP) is 5.49. The number of carbonyl (C=O) groups excluding carboxylic acids is 3. The van der Waals surface area contributed by atoms with Crippen LogP contribution in [0.5, 0.6) is 0 Å². The van der Waals surface area contributed by atoms with E-state index >= 15 is 0 Å². The first-order valence-corrected chi connectivity index (χ1v) is 16.8. The topological polar surface area (TPSA) is 72.5 Å². The Morgan fingerprint density at radius 3 is 1.63 bits per heavy atom. The summed E-state index contributed by atoms with van der Waals surface area (Å²) in [5.41, 5.74) is 1.49. The zero-order chi connectivity index (χ0) is 27.0. The van der Waals surface area contributed by atoms with Crippen molar-refractivity contribution in [2.24, 2.45) is 0 Å². The van der Waals surface area contributed by atoms with Crippen LogP contribution in [0.1, 0.15) is 18.9 Å². The summed E-state index contributed by atoms with van der Waals surface area (Å²) < 4.78 is 4.74. The van der Waals surface area contributed by atoms with Crippen molar-refractivity contribution in [1.82, 2.24) is 0 Å². The molecule has 4 rings (SSSR count).